The number of aromatic nitrogens is 3. The summed E-state index contributed by atoms with van der Waals surface area (Å²) in [6.45, 7) is 6.08. The largest absolute Gasteiger partial charge is 0.325 e. The summed E-state index contributed by atoms with van der Waals surface area (Å²) in [5, 5.41) is 8.36. The Balaban J connectivity index is 1.77. The van der Waals surface area contributed by atoms with Gasteiger partial charge < -0.3 is 9.47 Å². The second kappa shape index (κ2) is 7.98. The molecule has 0 unspecified atom stereocenters. The SMILES string of the molecule is CC(C)CN(CC#Cc1ccccc1)C(=O)c1nnc2n1CCCC2. The normalized spacial score (nSPS) is 13.1. The van der Waals surface area contributed by atoms with E-state index in [1.165, 1.54) is 0 Å². The Bertz CT molecular complexity index is 783. The van der Waals surface area contributed by atoms with Crippen molar-refractivity contribution in [3.8, 4) is 11.8 Å². The van der Waals surface area contributed by atoms with Gasteiger partial charge in [-0.05, 0) is 30.9 Å². The third-order valence-electron chi connectivity index (χ3n) is 4.20. The van der Waals surface area contributed by atoms with Crippen LogP contribution in [0, 0.1) is 17.8 Å². The van der Waals surface area contributed by atoms with E-state index >= 15 is 0 Å². The molecule has 0 saturated carbocycles. The zero-order valence-corrected chi connectivity index (χ0v) is 14.9. The van der Waals surface area contributed by atoms with Gasteiger partial charge in [0.1, 0.15) is 5.82 Å². The molecule has 0 N–H and O–H groups in total. The lowest BCUT2D eigenvalue weighted by Gasteiger charge is -2.23. The molecule has 0 atom stereocenters. The van der Waals surface area contributed by atoms with Crippen molar-refractivity contribution >= 4 is 5.91 Å². The van der Waals surface area contributed by atoms with Crippen LogP contribution in [0.4, 0.5) is 0 Å². The van der Waals surface area contributed by atoms with Gasteiger partial charge >= 0.3 is 0 Å². The maximum absolute atomic E-state index is 13.0. The Morgan fingerprint density at radius 2 is 2.04 bits per heavy atom. The van der Waals surface area contributed by atoms with Gasteiger partial charge in [0.2, 0.25) is 5.82 Å². The molecule has 130 valence electrons. The summed E-state index contributed by atoms with van der Waals surface area (Å²) in [4.78, 5) is 14.8. The van der Waals surface area contributed by atoms with Crippen molar-refractivity contribution in [2.45, 2.75) is 39.7 Å². The van der Waals surface area contributed by atoms with Gasteiger partial charge in [-0.3, -0.25) is 4.79 Å². The van der Waals surface area contributed by atoms with Crippen LogP contribution >= 0.6 is 0 Å². The highest BCUT2D eigenvalue weighted by molar-refractivity contribution is 5.91. The molecule has 2 aromatic rings. The highest BCUT2D eigenvalue weighted by Gasteiger charge is 2.25. The van der Waals surface area contributed by atoms with Crippen molar-refractivity contribution in [3.63, 3.8) is 0 Å². The number of amides is 1. The van der Waals surface area contributed by atoms with Crippen LogP contribution in [0.3, 0.4) is 0 Å². The number of carbonyl (C=O) groups is 1. The zero-order chi connectivity index (χ0) is 17.6. The Kier molecular flexibility index (Phi) is 5.49. The minimum atomic E-state index is -0.0725. The van der Waals surface area contributed by atoms with E-state index in [9.17, 15) is 4.79 Å². The topological polar surface area (TPSA) is 51.0 Å². The molecule has 1 aliphatic heterocycles. The zero-order valence-electron chi connectivity index (χ0n) is 14.9. The minimum absolute atomic E-state index is 0.0725. The number of rotatable bonds is 4. The van der Waals surface area contributed by atoms with E-state index in [1.54, 1.807) is 4.90 Å². The number of benzene rings is 1. The van der Waals surface area contributed by atoms with E-state index in [0.29, 0.717) is 24.8 Å². The predicted octanol–water partition coefficient (Wildman–Crippen LogP) is 2.76. The summed E-state index contributed by atoms with van der Waals surface area (Å²) in [6, 6.07) is 9.83. The summed E-state index contributed by atoms with van der Waals surface area (Å²) in [6.07, 6.45) is 3.09. The summed E-state index contributed by atoms with van der Waals surface area (Å²) in [5.74, 6) is 7.93. The van der Waals surface area contributed by atoms with Crippen LogP contribution in [0.2, 0.25) is 0 Å². The highest BCUT2D eigenvalue weighted by atomic mass is 16.2. The Morgan fingerprint density at radius 3 is 2.80 bits per heavy atom. The molecule has 1 amide bonds. The molecule has 0 aliphatic carbocycles. The molecule has 0 fully saturated rings. The smallest absolute Gasteiger partial charge is 0.292 e. The van der Waals surface area contributed by atoms with Crippen molar-refractivity contribution < 1.29 is 4.79 Å². The fourth-order valence-corrected chi connectivity index (χ4v) is 3.03. The van der Waals surface area contributed by atoms with Crippen LogP contribution in [-0.2, 0) is 13.0 Å². The lowest BCUT2D eigenvalue weighted by molar-refractivity contribution is 0.0740. The van der Waals surface area contributed by atoms with Crippen LogP contribution in [0.15, 0.2) is 30.3 Å². The molecule has 3 rings (SSSR count). The van der Waals surface area contributed by atoms with Gasteiger partial charge in [0, 0.05) is 25.1 Å². The van der Waals surface area contributed by atoms with E-state index in [1.807, 2.05) is 34.9 Å². The molecule has 0 radical (unpaired) electrons. The molecule has 0 spiro atoms. The number of nitrogens with zero attached hydrogens (tertiary/aromatic N) is 4. The first-order chi connectivity index (χ1) is 12.1. The van der Waals surface area contributed by atoms with E-state index < -0.39 is 0 Å². The second-order valence-corrected chi connectivity index (χ2v) is 6.80. The van der Waals surface area contributed by atoms with Gasteiger partial charge in [-0.15, -0.1) is 10.2 Å². The van der Waals surface area contributed by atoms with Crippen molar-refractivity contribution in [3.05, 3.63) is 47.5 Å². The molecule has 1 aromatic heterocycles. The van der Waals surface area contributed by atoms with Gasteiger partial charge in [0.05, 0.1) is 6.54 Å². The van der Waals surface area contributed by atoms with Gasteiger partial charge in [0.25, 0.3) is 5.91 Å². The average Bonchev–Trinajstić information content (AvgIpc) is 3.05. The minimum Gasteiger partial charge on any atom is -0.325 e. The summed E-state index contributed by atoms with van der Waals surface area (Å²) < 4.78 is 1.98. The monoisotopic (exact) mass is 336 g/mol. The molecule has 25 heavy (non-hydrogen) atoms. The van der Waals surface area contributed by atoms with Gasteiger partial charge in [0.15, 0.2) is 0 Å². The first-order valence-corrected chi connectivity index (χ1v) is 8.90. The van der Waals surface area contributed by atoms with E-state index in [4.69, 9.17) is 0 Å². The first-order valence-electron chi connectivity index (χ1n) is 8.90. The Labute approximate surface area is 149 Å². The Hall–Kier alpha value is -2.61. The van der Waals surface area contributed by atoms with Gasteiger partial charge in [-0.1, -0.05) is 43.9 Å². The molecular formula is C20H24N4O. The average molecular weight is 336 g/mol. The highest BCUT2D eigenvalue weighted by Crippen LogP contribution is 2.16. The quantitative estimate of drug-likeness (QED) is 0.807. The third-order valence-corrected chi connectivity index (χ3v) is 4.20. The third kappa shape index (κ3) is 4.27. The maximum Gasteiger partial charge on any atom is 0.292 e. The molecule has 1 aromatic carbocycles. The van der Waals surface area contributed by atoms with Crippen LogP contribution in [0.25, 0.3) is 0 Å². The second-order valence-electron chi connectivity index (χ2n) is 6.80. The molecule has 2 heterocycles. The van der Waals surface area contributed by atoms with E-state index in [0.717, 1.165) is 37.2 Å². The molecule has 0 saturated heterocycles. The number of aryl methyl sites for hydroxylation is 1. The first kappa shape index (κ1) is 17.2. The Morgan fingerprint density at radius 1 is 1.24 bits per heavy atom. The molecule has 0 bridgehead atoms. The predicted molar refractivity (Wildman–Crippen MR) is 97.0 cm³/mol. The van der Waals surface area contributed by atoms with Gasteiger partial charge in [-0.2, -0.15) is 0 Å². The van der Waals surface area contributed by atoms with Crippen molar-refractivity contribution in [2.24, 2.45) is 5.92 Å². The lowest BCUT2D eigenvalue weighted by Crippen LogP contribution is -2.36. The van der Waals surface area contributed by atoms with Crippen LogP contribution in [0.1, 0.15) is 48.7 Å². The van der Waals surface area contributed by atoms with Crippen molar-refractivity contribution in [1.82, 2.24) is 19.7 Å². The standard InChI is InChI=1S/C20H24N4O/c1-16(2)15-23(13-8-11-17-9-4-3-5-10-17)20(25)19-22-21-18-12-6-7-14-24(18)19/h3-5,9-10,16H,6-7,12-15H2,1-2H3. The van der Waals surface area contributed by atoms with E-state index in [2.05, 4.69) is 35.9 Å². The van der Waals surface area contributed by atoms with Gasteiger partial charge in [-0.25, -0.2) is 0 Å². The van der Waals surface area contributed by atoms with Crippen LogP contribution < -0.4 is 0 Å². The number of fused-ring (bicyclic) bond motifs is 1. The maximum atomic E-state index is 13.0. The summed E-state index contributed by atoms with van der Waals surface area (Å²) >= 11 is 0. The van der Waals surface area contributed by atoms with Crippen LogP contribution in [0.5, 0.6) is 0 Å². The number of carbonyl (C=O) groups excluding carboxylic acids is 1. The lowest BCUT2D eigenvalue weighted by atomic mass is 10.1. The van der Waals surface area contributed by atoms with E-state index in [-0.39, 0.29) is 5.91 Å². The molecule has 5 nitrogen and oxygen atoms in total. The fourth-order valence-electron chi connectivity index (χ4n) is 3.03. The number of hydrogen-bond donors (Lipinski definition) is 0. The fraction of sp³-hybridized carbons (Fsp3) is 0.450. The summed E-state index contributed by atoms with van der Waals surface area (Å²) in [5.41, 5.74) is 0.958. The van der Waals surface area contributed by atoms with Crippen molar-refractivity contribution in [2.75, 3.05) is 13.1 Å². The molecule has 1 aliphatic rings. The number of hydrogen-bond acceptors (Lipinski definition) is 3. The molecular weight excluding hydrogens is 312 g/mol. The van der Waals surface area contributed by atoms with Crippen LogP contribution in [-0.4, -0.2) is 38.7 Å². The summed E-state index contributed by atoms with van der Waals surface area (Å²) in [7, 11) is 0. The van der Waals surface area contributed by atoms with Crippen molar-refractivity contribution in [1.29, 1.82) is 0 Å². The molecule has 5 heteroatoms.